The Kier molecular flexibility index (Phi) is 6.57. The molecule has 0 aromatic heterocycles. The predicted octanol–water partition coefficient (Wildman–Crippen LogP) is 0.364. The van der Waals surface area contributed by atoms with Gasteiger partial charge in [0.2, 0.25) is 0 Å². The first-order valence-corrected chi connectivity index (χ1v) is 4.90. The number of hydrogen-bond donors (Lipinski definition) is 4. The van der Waals surface area contributed by atoms with E-state index in [0.717, 1.165) is 19.4 Å². The minimum Gasteiger partial charge on any atom is -0.480 e. The quantitative estimate of drug-likeness (QED) is 0.266. The number of aliphatic carboxylic acids is 1. The van der Waals surface area contributed by atoms with Crippen molar-refractivity contribution >= 4 is 12.2 Å². The van der Waals surface area contributed by atoms with Gasteiger partial charge >= 0.3 is 5.97 Å². The summed E-state index contributed by atoms with van der Waals surface area (Å²) >= 11 is 0. The second-order valence-electron chi connectivity index (χ2n) is 3.54. The Morgan fingerprint density at radius 3 is 2.87 bits per heavy atom. The highest BCUT2D eigenvalue weighted by molar-refractivity contribution is 5.80. The standard InChI is InChI=1S/C10H19N3O2/c1-10(12,9(14)15)5-3-2-4-7-13-8-6-11/h3,5-6,11,13H,2,4,7-8,12H2,1H3,(H,14,15)/b5-3+,11-6?/t10-/m0/s1. The number of nitrogens with two attached hydrogens (primary N) is 1. The minimum absolute atomic E-state index is 0.577. The van der Waals surface area contributed by atoms with E-state index in [1.54, 1.807) is 6.08 Å². The normalized spacial score (nSPS) is 15.1. The number of carboxylic acids is 1. The topological polar surface area (TPSA) is 99.2 Å². The van der Waals surface area contributed by atoms with Gasteiger partial charge in [-0.1, -0.05) is 12.2 Å². The highest BCUT2D eigenvalue weighted by Crippen LogP contribution is 2.02. The molecule has 0 heterocycles. The molecule has 5 heteroatoms. The lowest BCUT2D eigenvalue weighted by Gasteiger charge is -2.13. The molecule has 86 valence electrons. The van der Waals surface area contributed by atoms with Gasteiger partial charge in [0.25, 0.3) is 0 Å². The van der Waals surface area contributed by atoms with Gasteiger partial charge in [-0.05, 0) is 26.3 Å². The molecule has 15 heavy (non-hydrogen) atoms. The molecular weight excluding hydrogens is 194 g/mol. The van der Waals surface area contributed by atoms with Crippen molar-refractivity contribution in [1.29, 1.82) is 5.41 Å². The average Bonchev–Trinajstić information content (AvgIpc) is 2.16. The lowest BCUT2D eigenvalue weighted by Crippen LogP contribution is -2.42. The lowest BCUT2D eigenvalue weighted by molar-refractivity contribution is -0.140. The molecule has 0 amide bonds. The maximum atomic E-state index is 10.6. The van der Waals surface area contributed by atoms with Gasteiger partial charge in [-0.2, -0.15) is 0 Å². The van der Waals surface area contributed by atoms with Crippen molar-refractivity contribution in [2.75, 3.05) is 13.1 Å². The zero-order valence-electron chi connectivity index (χ0n) is 8.99. The summed E-state index contributed by atoms with van der Waals surface area (Å²) in [6, 6.07) is 0. The maximum absolute atomic E-state index is 10.6. The van der Waals surface area contributed by atoms with Gasteiger partial charge < -0.3 is 21.6 Å². The molecule has 0 bridgehead atoms. The second kappa shape index (κ2) is 7.14. The van der Waals surface area contributed by atoms with E-state index in [0.29, 0.717) is 6.54 Å². The number of unbranched alkanes of at least 4 members (excludes halogenated alkanes) is 1. The van der Waals surface area contributed by atoms with Crippen LogP contribution < -0.4 is 11.1 Å². The fourth-order valence-corrected chi connectivity index (χ4v) is 0.919. The fraction of sp³-hybridized carbons (Fsp3) is 0.600. The van der Waals surface area contributed by atoms with Crippen LogP contribution in [0.1, 0.15) is 19.8 Å². The highest BCUT2D eigenvalue weighted by Gasteiger charge is 2.23. The molecule has 0 aliphatic rings. The molecule has 0 saturated carbocycles. The van der Waals surface area contributed by atoms with E-state index in [1.165, 1.54) is 19.2 Å². The minimum atomic E-state index is -1.28. The Balaban J connectivity index is 3.62. The zero-order valence-corrected chi connectivity index (χ0v) is 8.99. The van der Waals surface area contributed by atoms with Crippen LogP contribution in [0.5, 0.6) is 0 Å². The van der Waals surface area contributed by atoms with Crippen molar-refractivity contribution in [2.45, 2.75) is 25.3 Å². The van der Waals surface area contributed by atoms with Gasteiger partial charge in [-0.25, -0.2) is 4.79 Å². The van der Waals surface area contributed by atoms with Crippen molar-refractivity contribution in [3.63, 3.8) is 0 Å². The molecule has 0 rings (SSSR count). The van der Waals surface area contributed by atoms with Crippen molar-refractivity contribution in [3.05, 3.63) is 12.2 Å². The number of rotatable bonds is 8. The van der Waals surface area contributed by atoms with Crippen LogP contribution in [0.3, 0.4) is 0 Å². The Hall–Kier alpha value is -1.20. The molecule has 1 atom stereocenters. The van der Waals surface area contributed by atoms with E-state index in [1.807, 2.05) is 0 Å². The average molecular weight is 213 g/mol. The molecule has 0 spiro atoms. The van der Waals surface area contributed by atoms with E-state index >= 15 is 0 Å². The van der Waals surface area contributed by atoms with E-state index in [2.05, 4.69) is 5.32 Å². The molecule has 0 fully saturated rings. The number of carboxylic acid groups (broad SMARTS) is 1. The third kappa shape index (κ3) is 6.82. The van der Waals surface area contributed by atoms with Crippen LogP contribution in [0.25, 0.3) is 0 Å². The van der Waals surface area contributed by atoms with Crippen LogP contribution in [-0.2, 0) is 4.79 Å². The van der Waals surface area contributed by atoms with Gasteiger partial charge in [-0.3, -0.25) is 0 Å². The van der Waals surface area contributed by atoms with Crippen molar-refractivity contribution in [1.82, 2.24) is 5.32 Å². The van der Waals surface area contributed by atoms with Crippen LogP contribution in [0.4, 0.5) is 0 Å². The summed E-state index contributed by atoms with van der Waals surface area (Å²) in [4.78, 5) is 10.6. The fourth-order valence-electron chi connectivity index (χ4n) is 0.919. The van der Waals surface area contributed by atoms with Crippen LogP contribution in [0.15, 0.2) is 12.2 Å². The summed E-state index contributed by atoms with van der Waals surface area (Å²) < 4.78 is 0. The van der Waals surface area contributed by atoms with Gasteiger partial charge in [0.15, 0.2) is 0 Å². The Morgan fingerprint density at radius 2 is 2.33 bits per heavy atom. The SMILES string of the molecule is C[C@](N)(/C=C/CCCNCC=N)C(=O)O. The first-order valence-electron chi connectivity index (χ1n) is 4.90. The number of hydrogen-bond acceptors (Lipinski definition) is 4. The van der Waals surface area contributed by atoms with Gasteiger partial charge in [-0.15, -0.1) is 0 Å². The second-order valence-corrected chi connectivity index (χ2v) is 3.54. The number of carbonyl (C=O) groups is 1. The van der Waals surface area contributed by atoms with E-state index < -0.39 is 11.5 Å². The summed E-state index contributed by atoms with van der Waals surface area (Å²) in [7, 11) is 0. The van der Waals surface area contributed by atoms with Crippen molar-refractivity contribution < 1.29 is 9.90 Å². The van der Waals surface area contributed by atoms with Gasteiger partial charge in [0, 0.05) is 12.8 Å². The zero-order chi connectivity index (χ0) is 11.7. The first kappa shape index (κ1) is 13.8. The molecule has 0 aliphatic heterocycles. The highest BCUT2D eigenvalue weighted by atomic mass is 16.4. The summed E-state index contributed by atoms with van der Waals surface area (Å²) in [5, 5.41) is 18.5. The number of allylic oxidation sites excluding steroid dienone is 1. The third-order valence-electron chi connectivity index (χ3n) is 1.90. The molecule has 5 N–H and O–H groups in total. The van der Waals surface area contributed by atoms with Crippen LogP contribution in [0, 0.1) is 5.41 Å². The molecule has 0 aromatic rings. The summed E-state index contributed by atoms with van der Waals surface area (Å²) in [5.41, 5.74) is 4.21. The Labute approximate surface area is 89.9 Å². The molecule has 5 nitrogen and oxygen atoms in total. The van der Waals surface area contributed by atoms with Crippen LogP contribution in [-0.4, -0.2) is 35.9 Å². The summed E-state index contributed by atoms with van der Waals surface area (Å²) in [6.07, 6.45) is 6.27. The summed E-state index contributed by atoms with van der Waals surface area (Å²) in [6.45, 7) is 2.85. The molecule has 0 saturated heterocycles. The molecule has 0 unspecified atom stereocenters. The lowest BCUT2D eigenvalue weighted by atomic mass is 10.0. The molecule has 0 aromatic carbocycles. The maximum Gasteiger partial charge on any atom is 0.327 e. The molecule has 0 radical (unpaired) electrons. The Morgan fingerprint density at radius 1 is 1.67 bits per heavy atom. The van der Waals surface area contributed by atoms with Crippen molar-refractivity contribution in [2.24, 2.45) is 5.73 Å². The van der Waals surface area contributed by atoms with Crippen LogP contribution in [0.2, 0.25) is 0 Å². The monoisotopic (exact) mass is 213 g/mol. The van der Waals surface area contributed by atoms with Crippen molar-refractivity contribution in [3.8, 4) is 0 Å². The predicted molar refractivity (Wildman–Crippen MR) is 60.3 cm³/mol. The van der Waals surface area contributed by atoms with Crippen LogP contribution >= 0.6 is 0 Å². The largest absolute Gasteiger partial charge is 0.480 e. The van der Waals surface area contributed by atoms with E-state index in [4.69, 9.17) is 16.2 Å². The Bertz CT molecular complexity index is 237. The molecule has 0 aliphatic carbocycles. The first-order chi connectivity index (χ1) is 7.00. The smallest absolute Gasteiger partial charge is 0.327 e. The van der Waals surface area contributed by atoms with E-state index in [-0.39, 0.29) is 0 Å². The number of nitrogens with one attached hydrogen (secondary N) is 2. The van der Waals surface area contributed by atoms with E-state index in [9.17, 15) is 4.79 Å². The molecular formula is C10H19N3O2. The van der Waals surface area contributed by atoms with Gasteiger partial charge in [0.1, 0.15) is 5.54 Å². The van der Waals surface area contributed by atoms with Gasteiger partial charge in [0.05, 0.1) is 0 Å². The third-order valence-corrected chi connectivity index (χ3v) is 1.90. The summed E-state index contributed by atoms with van der Waals surface area (Å²) in [5.74, 6) is -1.03.